The fourth-order valence-electron chi connectivity index (χ4n) is 1.91. The average molecular weight is 271 g/mol. The van der Waals surface area contributed by atoms with Crippen LogP contribution < -0.4 is 5.32 Å². The highest BCUT2D eigenvalue weighted by Crippen LogP contribution is 2.20. The molecule has 0 bridgehead atoms. The number of hydrogen-bond donors (Lipinski definition) is 2. The number of carbonyl (C=O) groups is 1. The Bertz CT molecular complexity index is 372. The second-order valence-corrected chi connectivity index (χ2v) is 6.64. The molecule has 1 aliphatic heterocycles. The zero-order valence-corrected chi connectivity index (χ0v) is 11.3. The number of thioether (sulfide) groups is 1. The maximum absolute atomic E-state index is 10.6. The Labute approximate surface area is 110 Å². The summed E-state index contributed by atoms with van der Waals surface area (Å²) >= 11 is 3.61. The number of rotatable bonds is 5. The SMILES string of the molecule is O=C(O)Cc1ccc(CNC2CCCSC2)s1. The topological polar surface area (TPSA) is 49.3 Å². The fourth-order valence-corrected chi connectivity index (χ4v) is 3.97. The maximum Gasteiger partial charge on any atom is 0.308 e. The van der Waals surface area contributed by atoms with E-state index in [0.29, 0.717) is 6.04 Å². The van der Waals surface area contributed by atoms with Crippen molar-refractivity contribution < 1.29 is 9.90 Å². The molecule has 5 heteroatoms. The minimum Gasteiger partial charge on any atom is -0.481 e. The van der Waals surface area contributed by atoms with Crippen LogP contribution in [0.3, 0.4) is 0 Å². The van der Waals surface area contributed by atoms with E-state index in [9.17, 15) is 4.79 Å². The summed E-state index contributed by atoms with van der Waals surface area (Å²) in [5.74, 6) is 1.74. The van der Waals surface area contributed by atoms with Gasteiger partial charge >= 0.3 is 5.97 Å². The van der Waals surface area contributed by atoms with Gasteiger partial charge in [-0.3, -0.25) is 4.79 Å². The predicted octanol–water partition coefficient (Wildman–Crippen LogP) is 2.36. The van der Waals surface area contributed by atoms with Gasteiger partial charge in [0.05, 0.1) is 6.42 Å². The first kappa shape index (κ1) is 12.9. The van der Waals surface area contributed by atoms with Crippen LogP contribution >= 0.6 is 23.1 Å². The molecule has 1 aromatic rings. The maximum atomic E-state index is 10.6. The Hall–Kier alpha value is -0.520. The summed E-state index contributed by atoms with van der Waals surface area (Å²) in [6.07, 6.45) is 2.71. The van der Waals surface area contributed by atoms with Crippen molar-refractivity contribution in [2.45, 2.75) is 31.8 Å². The van der Waals surface area contributed by atoms with E-state index in [1.165, 1.54) is 29.2 Å². The summed E-state index contributed by atoms with van der Waals surface area (Å²) in [5, 5.41) is 12.2. The Morgan fingerprint density at radius 3 is 3.00 bits per heavy atom. The molecule has 17 heavy (non-hydrogen) atoms. The molecule has 0 radical (unpaired) electrons. The zero-order chi connectivity index (χ0) is 12.1. The monoisotopic (exact) mass is 271 g/mol. The van der Waals surface area contributed by atoms with Crippen molar-refractivity contribution in [1.29, 1.82) is 0 Å². The minimum atomic E-state index is -0.755. The van der Waals surface area contributed by atoms with Crippen molar-refractivity contribution in [3.8, 4) is 0 Å². The Morgan fingerprint density at radius 1 is 1.47 bits per heavy atom. The van der Waals surface area contributed by atoms with Crippen LogP contribution in [0.1, 0.15) is 22.6 Å². The molecule has 0 spiro atoms. The van der Waals surface area contributed by atoms with Crippen LogP contribution in [0, 0.1) is 0 Å². The van der Waals surface area contributed by atoms with Crippen LogP contribution in [0.2, 0.25) is 0 Å². The van der Waals surface area contributed by atoms with E-state index >= 15 is 0 Å². The van der Waals surface area contributed by atoms with E-state index in [0.717, 1.165) is 11.4 Å². The molecule has 0 amide bonds. The minimum absolute atomic E-state index is 0.143. The molecule has 1 aromatic heterocycles. The summed E-state index contributed by atoms with van der Waals surface area (Å²) in [5.41, 5.74) is 0. The molecule has 2 heterocycles. The van der Waals surface area contributed by atoms with E-state index in [1.54, 1.807) is 11.3 Å². The molecule has 1 atom stereocenters. The molecule has 0 aliphatic carbocycles. The van der Waals surface area contributed by atoms with Gasteiger partial charge in [-0.25, -0.2) is 0 Å². The first-order valence-corrected chi connectivity index (χ1v) is 7.81. The number of aliphatic carboxylic acids is 1. The van der Waals surface area contributed by atoms with Crippen molar-refractivity contribution in [2.24, 2.45) is 0 Å². The number of carboxylic acids is 1. The quantitative estimate of drug-likeness (QED) is 0.863. The largest absolute Gasteiger partial charge is 0.481 e. The third-order valence-corrected chi connectivity index (χ3v) is 5.07. The smallest absolute Gasteiger partial charge is 0.308 e. The highest BCUT2D eigenvalue weighted by atomic mass is 32.2. The number of nitrogens with one attached hydrogen (secondary N) is 1. The Morgan fingerprint density at radius 2 is 2.29 bits per heavy atom. The van der Waals surface area contributed by atoms with Crippen LogP contribution in [0.4, 0.5) is 0 Å². The Balaban J connectivity index is 1.78. The summed E-state index contributed by atoms with van der Waals surface area (Å²) in [4.78, 5) is 12.7. The number of carboxylic acid groups (broad SMARTS) is 1. The van der Waals surface area contributed by atoms with E-state index in [2.05, 4.69) is 5.32 Å². The van der Waals surface area contributed by atoms with Crippen molar-refractivity contribution in [3.63, 3.8) is 0 Å². The second-order valence-electron chi connectivity index (χ2n) is 4.23. The van der Waals surface area contributed by atoms with E-state index in [4.69, 9.17) is 5.11 Å². The summed E-state index contributed by atoms with van der Waals surface area (Å²) in [7, 11) is 0. The van der Waals surface area contributed by atoms with Gasteiger partial charge in [0, 0.05) is 28.1 Å². The van der Waals surface area contributed by atoms with Crippen LogP contribution in [0.15, 0.2) is 12.1 Å². The van der Waals surface area contributed by atoms with Gasteiger partial charge in [0.25, 0.3) is 0 Å². The van der Waals surface area contributed by atoms with Crippen LogP contribution in [-0.2, 0) is 17.8 Å². The highest BCUT2D eigenvalue weighted by Gasteiger charge is 2.13. The van der Waals surface area contributed by atoms with Crippen LogP contribution in [0.5, 0.6) is 0 Å². The lowest BCUT2D eigenvalue weighted by molar-refractivity contribution is -0.136. The lowest BCUT2D eigenvalue weighted by Crippen LogP contribution is -2.32. The van der Waals surface area contributed by atoms with Gasteiger partial charge in [-0.15, -0.1) is 11.3 Å². The normalized spacial score (nSPS) is 20.4. The molecule has 0 saturated carbocycles. The van der Waals surface area contributed by atoms with Crippen molar-refractivity contribution in [2.75, 3.05) is 11.5 Å². The first-order valence-electron chi connectivity index (χ1n) is 5.84. The standard InChI is InChI=1S/C12H17NO2S2/c14-12(15)6-10-3-4-11(17-10)7-13-9-2-1-5-16-8-9/h3-4,9,13H,1-2,5-8H2,(H,14,15). The third-order valence-electron chi connectivity index (χ3n) is 2.77. The molecule has 0 aromatic carbocycles. The highest BCUT2D eigenvalue weighted by molar-refractivity contribution is 7.99. The summed E-state index contributed by atoms with van der Waals surface area (Å²) in [6.45, 7) is 0.871. The fraction of sp³-hybridized carbons (Fsp3) is 0.583. The molecular formula is C12H17NO2S2. The van der Waals surface area contributed by atoms with E-state index in [1.807, 2.05) is 23.9 Å². The molecule has 1 unspecified atom stereocenters. The molecule has 3 nitrogen and oxygen atoms in total. The number of hydrogen-bond acceptors (Lipinski definition) is 4. The molecular weight excluding hydrogens is 254 g/mol. The van der Waals surface area contributed by atoms with Crippen LogP contribution in [-0.4, -0.2) is 28.6 Å². The lowest BCUT2D eigenvalue weighted by atomic mass is 10.2. The predicted molar refractivity (Wildman–Crippen MR) is 72.8 cm³/mol. The average Bonchev–Trinajstić information content (AvgIpc) is 2.75. The van der Waals surface area contributed by atoms with Gasteiger partial charge in [0.15, 0.2) is 0 Å². The van der Waals surface area contributed by atoms with Gasteiger partial charge in [-0.2, -0.15) is 11.8 Å². The number of thiophene rings is 1. The van der Waals surface area contributed by atoms with Crippen molar-refractivity contribution >= 4 is 29.1 Å². The van der Waals surface area contributed by atoms with Crippen LogP contribution in [0.25, 0.3) is 0 Å². The van der Waals surface area contributed by atoms with Crippen molar-refractivity contribution in [3.05, 3.63) is 21.9 Å². The van der Waals surface area contributed by atoms with E-state index in [-0.39, 0.29) is 6.42 Å². The van der Waals surface area contributed by atoms with Gasteiger partial charge in [-0.05, 0) is 30.7 Å². The molecule has 1 saturated heterocycles. The van der Waals surface area contributed by atoms with Gasteiger partial charge in [-0.1, -0.05) is 0 Å². The molecule has 1 aliphatic rings. The van der Waals surface area contributed by atoms with Crippen molar-refractivity contribution in [1.82, 2.24) is 5.32 Å². The van der Waals surface area contributed by atoms with Gasteiger partial charge in [0.2, 0.25) is 0 Å². The summed E-state index contributed by atoms with van der Waals surface area (Å²) < 4.78 is 0. The zero-order valence-electron chi connectivity index (χ0n) is 9.65. The second kappa shape index (κ2) is 6.42. The van der Waals surface area contributed by atoms with Gasteiger partial charge < -0.3 is 10.4 Å². The molecule has 1 fully saturated rings. The molecule has 94 valence electrons. The first-order chi connectivity index (χ1) is 8.24. The van der Waals surface area contributed by atoms with Gasteiger partial charge in [0.1, 0.15) is 0 Å². The third kappa shape index (κ3) is 4.33. The van der Waals surface area contributed by atoms with E-state index < -0.39 is 5.97 Å². The molecule has 2 rings (SSSR count). The molecule has 2 N–H and O–H groups in total. The summed E-state index contributed by atoms with van der Waals surface area (Å²) in [6, 6.07) is 4.58. The Kier molecular flexibility index (Phi) is 4.88. The lowest BCUT2D eigenvalue weighted by Gasteiger charge is -2.22.